The van der Waals surface area contributed by atoms with Crippen LogP contribution in [-0.4, -0.2) is 50.6 Å². The molecular formula is C21H27N3O5. The molecule has 0 amide bonds. The van der Waals surface area contributed by atoms with Crippen LogP contribution in [0.25, 0.3) is 16.7 Å². The minimum atomic E-state index is -0.338. The molecule has 0 fully saturated rings. The molecule has 0 saturated heterocycles. The molecule has 156 valence electrons. The third-order valence-electron chi connectivity index (χ3n) is 4.61. The van der Waals surface area contributed by atoms with Crippen LogP contribution >= 0.6 is 0 Å². The lowest BCUT2D eigenvalue weighted by Crippen LogP contribution is -2.14. The predicted octanol–water partition coefficient (Wildman–Crippen LogP) is 2.69. The Morgan fingerprint density at radius 3 is 2.31 bits per heavy atom. The zero-order valence-electron chi connectivity index (χ0n) is 17.1. The van der Waals surface area contributed by atoms with Crippen LogP contribution in [0.5, 0.6) is 17.2 Å². The molecule has 0 radical (unpaired) electrons. The van der Waals surface area contributed by atoms with Crippen LogP contribution in [0.3, 0.4) is 0 Å². The minimum Gasteiger partial charge on any atom is -0.505 e. The van der Waals surface area contributed by atoms with Crippen LogP contribution in [0.4, 0.5) is 0 Å². The summed E-state index contributed by atoms with van der Waals surface area (Å²) < 4.78 is 11.0. The van der Waals surface area contributed by atoms with Gasteiger partial charge >= 0.3 is 0 Å². The van der Waals surface area contributed by atoms with E-state index in [1.54, 1.807) is 24.3 Å². The average molecular weight is 401 g/mol. The van der Waals surface area contributed by atoms with Gasteiger partial charge in [-0.05, 0) is 17.5 Å². The fraction of sp³-hybridized carbons (Fsp3) is 0.429. The Bertz CT molecular complexity index is 967. The lowest BCUT2D eigenvalue weighted by atomic mass is 9.86. The van der Waals surface area contributed by atoms with Crippen molar-refractivity contribution in [2.24, 2.45) is 0 Å². The number of aromatic nitrogens is 3. The number of hydrogen-bond donors (Lipinski definition) is 3. The van der Waals surface area contributed by atoms with Crippen LogP contribution in [0.15, 0.2) is 24.3 Å². The fourth-order valence-electron chi connectivity index (χ4n) is 3.06. The molecule has 29 heavy (non-hydrogen) atoms. The highest BCUT2D eigenvalue weighted by atomic mass is 16.5. The number of fused-ring (bicyclic) bond motifs is 1. The highest BCUT2D eigenvalue weighted by Crippen LogP contribution is 2.38. The Morgan fingerprint density at radius 2 is 1.72 bits per heavy atom. The van der Waals surface area contributed by atoms with E-state index in [9.17, 15) is 10.2 Å². The van der Waals surface area contributed by atoms with E-state index in [2.05, 4.69) is 10.2 Å². The largest absolute Gasteiger partial charge is 0.505 e. The minimum absolute atomic E-state index is 0.0399. The summed E-state index contributed by atoms with van der Waals surface area (Å²) in [7, 11) is 1.53. The summed E-state index contributed by atoms with van der Waals surface area (Å²) in [6, 6.07) is 6.88. The molecule has 0 aliphatic carbocycles. The van der Waals surface area contributed by atoms with Gasteiger partial charge in [0.25, 0.3) is 0 Å². The summed E-state index contributed by atoms with van der Waals surface area (Å²) in [5.41, 5.74) is 2.49. The van der Waals surface area contributed by atoms with E-state index >= 15 is 0 Å². The molecule has 0 spiro atoms. The molecule has 2 aromatic carbocycles. The molecule has 0 unspecified atom stereocenters. The second-order valence-electron chi connectivity index (χ2n) is 7.81. The van der Waals surface area contributed by atoms with Gasteiger partial charge in [-0.2, -0.15) is 0 Å². The van der Waals surface area contributed by atoms with Crippen molar-refractivity contribution in [1.82, 2.24) is 15.0 Å². The quantitative estimate of drug-likeness (QED) is 0.522. The van der Waals surface area contributed by atoms with Gasteiger partial charge in [0.2, 0.25) is 0 Å². The van der Waals surface area contributed by atoms with Gasteiger partial charge in [-0.3, -0.25) is 0 Å². The molecule has 0 aliphatic rings. The Hall–Kier alpha value is -2.84. The first-order valence-corrected chi connectivity index (χ1v) is 9.45. The summed E-state index contributed by atoms with van der Waals surface area (Å²) in [5, 5.41) is 38.4. The van der Waals surface area contributed by atoms with Crippen molar-refractivity contribution in [3.05, 3.63) is 35.4 Å². The SMILES string of the molecule is COc1cc2nn(-c3cc(OCCCO)cc(C(C)(C)C)c3O)nc2cc1CO. The summed E-state index contributed by atoms with van der Waals surface area (Å²) in [6.45, 7) is 6.20. The predicted molar refractivity (Wildman–Crippen MR) is 109 cm³/mol. The Morgan fingerprint density at radius 1 is 1.03 bits per heavy atom. The number of phenols is 1. The number of aliphatic hydroxyl groups is 2. The normalized spacial score (nSPS) is 11.8. The smallest absolute Gasteiger partial charge is 0.147 e. The van der Waals surface area contributed by atoms with Crippen LogP contribution in [0.1, 0.15) is 38.3 Å². The second kappa shape index (κ2) is 8.26. The van der Waals surface area contributed by atoms with Gasteiger partial charge in [-0.1, -0.05) is 20.8 Å². The van der Waals surface area contributed by atoms with E-state index < -0.39 is 0 Å². The molecule has 3 aromatic rings. The van der Waals surface area contributed by atoms with E-state index in [1.807, 2.05) is 20.8 Å². The molecule has 1 aromatic heterocycles. The van der Waals surface area contributed by atoms with Crippen molar-refractivity contribution in [2.75, 3.05) is 20.3 Å². The molecular weight excluding hydrogens is 374 g/mol. The third-order valence-corrected chi connectivity index (χ3v) is 4.61. The van der Waals surface area contributed by atoms with Crippen LogP contribution in [0.2, 0.25) is 0 Å². The number of phenolic OH excluding ortho intramolecular Hbond substituents is 1. The lowest BCUT2D eigenvalue weighted by Gasteiger charge is -2.23. The van der Waals surface area contributed by atoms with E-state index in [4.69, 9.17) is 14.6 Å². The molecule has 8 heteroatoms. The number of aliphatic hydroxyl groups excluding tert-OH is 2. The molecule has 8 nitrogen and oxygen atoms in total. The molecule has 0 aliphatic heterocycles. The first-order valence-electron chi connectivity index (χ1n) is 9.45. The van der Waals surface area contributed by atoms with Gasteiger partial charge in [0.05, 0.1) is 20.3 Å². The summed E-state index contributed by atoms with van der Waals surface area (Å²) >= 11 is 0. The Balaban J connectivity index is 2.14. The molecule has 3 rings (SSSR count). The number of nitrogens with zero attached hydrogens (tertiary/aromatic N) is 3. The topological polar surface area (TPSA) is 110 Å². The number of rotatable bonds is 7. The zero-order chi connectivity index (χ0) is 21.2. The van der Waals surface area contributed by atoms with Crippen molar-refractivity contribution in [3.8, 4) is 22.9 Å². The highest BCUT2D eigenvalue weighted by Gasteiger charge is 2.24. The van der Waals surface area contributed by atoms with Crippen molar-refractivity contribution in [2.45, 2.75) is 39.2 Å². The van der Waals surface area contributed by atoms with E-state index in [-0.39, 0.29) is 24.4 Å². The Kier molecular flexibility index (Phi) is 5.95. The maximum absolute atomic E-state index is 10.9. The molecule has 0 saturated carbocycles. The van der Waals surface area contributed by atoms with Crippen LogP contribution in [-0.2, 0) is 12.0 Å². The van der Waals surface area contributed by atoms with Gasteiger partial charge in [0.15, 0.2) is 0 Å². The van der Waals surface area contributed by atoms with Gasteiger partial charge in [-0.25, -0.2) is 0 Å². The monoisotopic (exact) mass is 401 g/mol. The van der Waals surface area contributed by atoms with Gasteiger partial charge in [0, 0.05) is 36.3 Å². The third kappa shape index (κ3) is 4.28. The summed E-state index contributed by atoms with van der Waals surface area (Å²) in [4.78, 5) is 1.36. The average Bonchev–Trinajstić information content (AvgIpc) is 3.09. The van der Waals surface area contributed by atoms with E-state index in [0.29, 0.717) is 52.4 Å². The molecule has 3 N–H and O–H groups in total. The van der Waals surface area contributed by atoms with Crippen molar-refractivity contribution >= 4 is 11.0 Å². The van der Waals surface area contributed by atoms with Crippen molar-refractivity contribution < 1.29 is 24.8 Å². The van der Waals surface area contributed by atoms with Crippen LogP contribution < -0.4 is 9.47 Å². The van der Waals surface area contributed by atoms with Crippen molar-refractivity contribution in [3.63, 3.8) is 0 Å². The first kappa shape index (κ1) is 20.9. The molecule has 0 atom stereocenters. The summed E-state index contributed by atoms with van der Waals surface area (Å²) in [5.74, 6) is 1.15. The number of hydrogen-bond acceptors (Lipinski definition) is 7. The standard InChI is InChI=1S/C21H27N3O5/c1-21(2,3)15-9-14(29-7-5-6-25)10-18(20(15)27)24-22-16-8-13(12-26)19(28-4)11-17(16)23-24/h8-11,25-27H,5-7,12H2,1-4H3. The number of methoxy groups -OCH3 is 1. The maximum atomic E-state index is 10.9. The number of aromatic hydroxyl groups is 1. The number of benzene rings is 2. The van der Waals surface area contributed by atoms with Gasteiger partial charge in [-0.15, -0.1) is 15.0 Å². The maximum Gasteiger partial charge on any atom is 0.147 e. The number of ether oxygens (including phenoxy) is 2. The molecule has 0 bridgehead atoms. The van der Waals surface area contributed by atoms with Gasteiger partial charge < -0.3 is 24.8 Å². The lowest BCUT2D eigenvalue weighted by molar-refractivity contribution is 0.233. The summed E-state index contributed by atoms with van der Waals surface area (Å²) in [6.07, 6.45) is 0.509. The Labute approximate surface area is 169 Å². The fourth-order valence-corrected chi connectivity index (χ4v) is 3.06. The van der Waals surface area contributed by atoms with E-state index in [1.165, 1.54) is 11.9 Å². The second-order valence-corrected chi connectivity index (χ2v) is 7.81. The highest BCUT2D eigenvalue weighted by molar-refractivity contribution is 5.77. The van der Waals surface area contributed by atoms with E-state index in [0.717, 1.165) is 0 Å². The van der Waals surface area contributed by atoms with Gasteiger partial charge in [0.1, 0.15) is 34.0 Å². The van der Waals surface area contributed by atoms with Crippen molar-refractivity contribution in [1.29, 1.82) is 0 Å². The molecule has 1 heterocycles. The first-order chi connectivity index (χ1) is 13.8. The zero-order valence-corrected chi connectivity index (χ0v) is 17.1. The van der Waals surface area contributed by atoms with Crippen LogP contribution in [0, 0.1) is 0 Å².